The summed E-state index contributed by atoms with van der Waals surface area (Å²) in [5, 5.41) is 13.8. The Morgan fingerprint density at radius 1 is 0.654 bits per heavy atom. The van der Waals surface area contributed by atoms with Crippen molar-refractivity contribution >= 4 is 33.8 Å². The van der Waals surface area contributed by atoms with Crippen LogP contribution >= 0.6 is 7.14 Å². The Morgan fingerprint density at radius 2 is 1.19 bits per heavy atom. The van der Waals surface area contributed by atoms with Gasteiger partial charge in [-0.1, -0.05) is 91.0 Å². The van der Waals surface area contributed by atoms with Crippen LogP contribution in [0.4, 0.5) is 0 Å². The van der Waals surface area contributed by atoms with Crippen LogP contribution in [0.1, 0.15) is 5.56 Å². The zero-order valence-electron chi connectivity index (χ0n) is 14.0. The van der Waals surface area contributed by atoms with Crippen molar-refractivity contribution in [3.05, 3.63) is 103 Å². The van der Waals surface area contributed by atoms with Crippen LogP contribution in [0.2, 0.25) is 0 Å². The van der Waals surface area contributed by atoms with Crippen molar-refractivity contribution in [2.45, 2.75) is 0 Å². The molecule has 0 heterocycles. The predicted octanol–water partition coefficient (Wildman–Crippen LogP) is 4.35. The molecule has 0 spiro atoms. The number of hydrogen-bond donors (Lipinski definition) is 0. The third-order valence-electron chi connectivity index (χ3n) is 4.60. The van der Waals surface area contributed by atoms with Gasteiger partial charge in [-0.15, -0.1) is 0 Å². The number of nitrogens with zero attached hydrogens (tertiary/aromatic N) is 1. The zero-order chi connectivity index (χ0) is 18.0. The Balaban J connectivity index is 2.11. The summed E-state index contributed by atoms with van der Waals surface area (Å²) >= 11 is 0. The smallest absolute Gasteiger partial charge is 0.172 e. The van der Waals surface area contributed by atoms with Crippen LogP contribution in [0.25, 0.3) is 10.8 Å². The molecule has 124 valence electrons. The van der Waals surface area contributed by atoms with Crippen molar-refractivity contribution in [3.63, 3.8) is 0 Å². The van der Waals surface area contributed by atoms with Crippen molar-refractivity contribution < 1.29 is 4.57 Å². The van der Waals surface area contributed by atoms with Gasteiger partial charge < -0.3 is 4.57 Å². The maximum atomic E-state index is 14.5. The third kappa shape index (κ3) is 2.54. The Hall–Kier alpha value is -3.14. The molecule has 26 heavy (non-hydrogen) atoms. The molecule has 0 aliphatic carbocycles. The largest absolute Gasteiger partial charge is 0.309 e. The molecule has 0 unspecified atom stereocenters. The summed E-state index contributed by atoms with van der Waals surface area (Å²) in [4.78, 5) is 0. The molecule has 4 aromatic rings. The van der Waals surface area contributed by atoms with Gasteiger partial charge in [0.25, 0.3) is 0 Å². The van der Waals surface area contributed by atoms with Gasteiger partial charge in [0.1, 0.15) is 6.07 Å². The maximum Gasteiger partial charge on any atom is 0.172 e. The molecule has 0 aliphatic rings. The van der Waals surface area contributed by atoms with Gasteiger partial charge in [0.05, 0.1) is 5.56 Å². The highest BCUT2D eigenvalue weighted by atomic mass is 31.2. The van der Waals surface area contributed by atoms with Crippen LogP contribution < -0.4 is 15.9 Å². The fourth-order valence-corrected chi connectivity index (χ4v) is 6.15. The predicted molar refractivity (Wildman–Crippen MR) is 108 cm³/mol. The summed E-state index contributed by atoms with van der Waals surface area (Å²) in [6.45, 7) is 0. The molecule has 0 N–H and O–H groups in total. The summed E-state index contributed by atoms with van der Waals surface area (Å²) in [5.41, 5.74) is 0.485. The van der Waals surface area contributed by atoms with Crippen molar-refractivity contribution in [1.82, 2.24) is 0 Å². The van der Waals surface area contributed by atoms with E-state index in [2.05, 4.69) is 6.07 Å². The molecule has 4 aromatic carbocycles. The maximum absolute atomic E-state index is 14.5. The first-order chi connectivity index (χ1) is 12.7. The lowest BCUT2D eigenvalue weighted by Crippen LogP contribution is -2.26. The van der Waals surface area contributed by atoms with E-state index in [0.29, 0.717) is 10.9 Å². The fourth-order valence-electron chi connectivity index (χ4n) is 3.34. The van der Waals surface area contributed by atoms with Gasteiger partial charge in [0, 0.05) is 21.3 Å². The van der Waals surface area contributed by atoms with Gasteiger partial charge in [-0.3, -0.25) is 0 Å². The number of fused-ring (bicyclic) bond motifs is 1. The number of nitriles is 1. The molecule has 0 bridgehead atoms. The standard InChI is InChI=1S/C23H16NOP/c24-17-22-21-14-8-7-9-18(21)15-16-23(22)26(25,19-10-3-1-4-11-19)20-12-5-2-6-13-20/h1-16H. The Kier molecular flexibility index (Phi) is 4.17. The van der Waals surface area contributed by atoms with Crippen molar-refractivity contribution in [3.8, 4) is 6.07 Å². The van der Waals surface area contributed by atoms with E-state index in [9.17, 15) is 9.83 Å². The monoisotopic (exact) mass is 353 g/mol. The molecule has 0 aromatic heterocycles. The highest BCUT2D eigenvalue weighted by molar-refractivity contribution is 7.85. The van der Waals surface area contributed by atoms with Crippen LogP contribution in [0.3, 0.4) is 0 Å². The molecular formula is C23H16NOP. The second kappa shape index (κ2) is 6.64. The molecule has 4 rings (SSSR count). The minimum atomic E-state index is -3.16. The van der Waals surface area contributed by atoms with Crippen molar-refractivity contribution in [2.24, 2.45) is 0 Å². The summed E-state index contributed by atoms with van der Waals surface area (Å²) in [6.07, 6.45) is 0. The number of rotatable bonds is 3. The molecule has 3 heteroatoms. The Labute approximate surface area is 152 Å². The van der Waals surface area contributed by atoms with Gasteiger partial charge in [-0.05, 0) is 11.5 Å². The fraction of sp³-hybridized carbons (Fsp3) is 0. The van der Waals surface area contributed by atoms with Gasteiger partial charge in [-0.2, -0.15) is 5.26 Å². The summed E-state index contributed by atoms with van der Waals surface area (Å²) in [7, 11) is -3.16. The van der Waals surface area contributed by atoms with E-state index in [1.165, 1.54) is 0 Å². The molecule has 0 fully saturated rings. The Morgan fingerprint density at radius 3 is 1.77 bits per heavy atom. The highest BCUT2D eigenvalue weighted by Crippen LogP contribution is 2.44. The van der Waals surface area contributed by atoms with E-state index in [4.69, 9.17) is 0 Å². The Bertz CT molecular complexity index is 1120. The zero-order valence-corrected chi connectivity index (χ0v) is 14.9. The summed E-state index contributed by atoms with van der Waals surface area (Å²) in [6, 6.07) is 32.7. The molecule has 0 amide bonds. The quantitative estimate of drug-likeness (QED) is 0.514. The molecule has 0 aliphatic heterocycles. The lowest BCUT2D eigenvalue weighted by atomic mass is 10.1. The van der Waals surface area contributed by atoms with E-state index >= 15 is 0 Å². The first-order valence-electron chi connectivity index (χ1n) is 8.39. The average Bonchev–Trinajstić information content (AvgIpc) is 2.73. The van der Waals surface area contributed by atoms with Crippen LogP contribution in [0.5, 0.6) is 0 Å². The second-order valence-electron chi connectivity index (χ2n) is 6.07. The highest BCUT2D eigenvalue weighted by Gasteiger charge is 2.32. The lowest BCUT2D eigenvalue weighted by Gasteiger charge is -2.21. The topological polar surface area (TPSA) is 40.9 Å². The van der Waals surface area contributed by atoms with Gasteiger partial charge in [0.15, 0.2) is 7.14 Å². The normalized spacial score (nSPS) is 11.2. The first kappa shape index (κ1) is 16.3. The van der Waals surface area contributed by atoms with E-state index in [1.807, 2.05) is 97.1 Å². The van der Waals surface area contributed by atoms with E-state index in [1.54, 1.807) is 0 Å². The average molecular weight is 353 g/mol. The third-order valence-corrected chi connectivity index (χ3v) is 7.70. The first-order valence-corrected chi connectivity index (χ1v) is 10.1. The molecule has 2 nitrogen and oxygen atoms in total. The minimum absolute atomic E-state index is 0.485. The van der Waals surface area contributed by atoms with Crippen molar-refractivity contribution in [2.75, 3.05) is 0 Å². The van der Waals surface area contributed by atoms with E-state index < -0.39 is 7.14 Å². The van der Waals surface area contributed by atoms with Crippen LogP contribution in [0, 0.1) is 11.3 Å². The van der Waals surface area contributed by atoms with Gasteiger partial charge >= 0.3 is 0 Å². The van der Waals surface area contributed by atoms with Crippen LogP contribution in [-0.2, 0) is 4.57 Å². The number of hydrogen-bond acceptors (Lipinski definition) is 2. The molecule has 0 radical (unpaired) electrons. The van der Waals surface area contributed by atoms with Crippen LogP contribution in [0.15, 0.2) is 97.1 Å². The van der Waals surface area contributed by atoms with Gasteiger partial charge in [0.2, 0.25) is 0 Å². The van der Waals surface area contributed by atoms with Gasteiger partial charge in [-0.25, -0.2) is 0 Å². The summed E-state index contributed by atoms with van der Waals surface area (Å²) in [5.74, 6) is 0. The second-order valence-corrected chi connectivity index (χ2v) is 8.81. The molecule has 0 saturated heterocycles. The molecular weight excluding hydrogens is 337 g/mol. The SMILES string of the molecule is N#Cc1c(P(=O)(c2ccccc2)c2ccccc2)ccc2ccccc12. The number of benzene rings is 4. The molecule has 0 saturated carbocycles. The molecule has 0 atom stereocenters. The minimum Gasteiger partial charge on any atom is -0.309 e. The van der Waals surface area contributed by atoms with E-state index in [0.717, 1.165) is 21.4 Å². The summed E-state index contributed by atoms with van der Waals surface area (Å²) < 4.78 is 14.5. The van der Waals surface area contributed by atoms with E-state index in [-0.39, 0.29) is 0 Å². The van der Waals surface area contributed by atoms with Crippen molar-refractivity contribution in [1.29, 1.82) is 5.26 Å². The lowest BCUT2D eigenvalue weighted by molar-refractivity contribution is 0.592. The van der Waals surface area contributed by atoms with Crippen LogP contribution in [-0.4, -0.2) is 0 Å².